The Morgan fingerprint density at radius 3 is 1.74 bits per heavy atom. The van der Waals surface area contributed by atoms with Crippen LogP contribution in [0.4, 0.5) is 0 Å². The largest absolute Gasteiger partial charge is 0.478 e. The molecule has 0 aromatic heterocycles. The summed E-state index contributed by atoms with van der Waals surface area (Å²) in [6, 6.07) is 0. The number of aromatic carboxylic acids is 1. The van der Waals surface area contributed by atoms with Gasteiger partial charge in [0.05, 0.1) is 17.7 Å². The van der Waals surface area contributed by atoms with E-state index in [9.17, 15) is 14.7 Å². The lowest BCUT2D eigenvalue weighted by atomic mass is 10.1. The smallest absolute Gasteiger partial charge is 0.337 e. The minimum Gasteiger partial charge on any atom is -0.478 e. The van der Waals surface area contributed by atoms with Gasteiger partial charge in [0.15, 0.2) is 0 Å². The van der Waals surface area contributed by atoms with E-state index >= 15 is 0 Å². The molecule has 0 spiro atoms. The number of hydrogen-bond donors (Lipinski definition) is 3. The van der Waals surface area contributed by atoms with Gasteiger partial charge in [0, 0.05) is 20.8 Å². The summed E-state index contributed by atoms with van der Waals surface area (Å²) in [6.45, 7) is 0.0269. The Balaban J connectivity index is 3.44. The molecule has 1 aromatic carbocycles. The molecule has 0 heterocycles. The van der Waals surface area contributed by atoms with Gasteiger partial charge in [-0.15, -0.1) is 0 Å². The van der Waals surface area contributed by atoms with Gasteiger partial charge in [-0.2, -0.15) is 0 Å². The molecule has 0 radical (unpaired) electrons. The second kappa shape index (κ2) is 7.88. The van der Waals surface area contributed by atoms with E-state index in [-0.39, 0.29) is 24.6 Å². The van der Waals surface area contributed by atoms with E-state index in [1.807, 2.05) is 90.4 Å². The van der Waals surface area contributed by atoms with Crippen molar-refractivity contribution >= 4 is 102 Å². The van der Waals surface area contributed by atoms with Crippen LogP contribution in [0.5, 0.6) is 0 Å². The molecule has 0 saturated carbocycles. The van der Waals surface area contributed by atoms with Gasteiger partial charge < -0.3 is 15.5 Å². The van der Waals surface area contributed by atoms with Gasteiger partial charge in [0.2, 0.25) is 0 Å². The Morgan fingerprint density at radius 2 is 1.37 bits per heavy atom. The van der Waals surface area contributed by atoms with Crippen LogP contribution < -0.4 is 5.32 Å². The molecule has 0 atom stereocenters. The summed E-state index contributed by atoms with van der Waals surface area (Å²) in [5.74, 6) is -1.32. The van der Waals surface area contributed by atoms with Gasteiger partial charge in [0.25, 0.3) is 5.91 Å². The molecule has 0 bridgehead atoms. The molecule has 104 valence electrons. The topological polar surface area (TPSA) is 86.6 Å². The second-order valence-electron chi connectivity index (χ2n) is 3.29. The Bertz CT molecular complexity index is 518. The number of benzene rings is 1. The third-order valence-electron chi connectivity index (χ3n) is 2.10. The lowest BCUT2D eigenvalue weighted by molar-refractivity contribution is 0.0693. The van der Waals surface area contributed by atoms with Crippen LogP contribution in [0.15, 0.2) is 0 Å². The predicted molar refractivity (Wildman–Crippen MR) is 104 cm³/mol. The van der Waals surface area contributed by atoms with Crippen molar-refractivity contribution in [1.29, 1.82) is 0 Å². The molecule has 1 amide bonds. The lowest BCUT2D eigenvalue weighted by Gasteiger charge is -2.14. The standard InChI is InChI=1S/C10H7I4NO4/c11-5-3(9(17)15-1-2-16)6(12)8(14)4(7(5)13)10(18)19/h16H,1-2H2,(H,15,17)(H,18,19). The Labute approximate surface area is 163 Å². The summed E-state index contributed by atoms with van der Waals surface area (Å²) < 4.78 is 2.31. The molecule has 3 N–H and O–H groups in total. The number of rotatable bonds is 4. The molecular weight excluding hydrogens is 706 g/mol. The first-order chi connectivity index (χ1) is 8.82. The molecule has 5 nitrogen and oxygen atoms in total. The van der Waals surface area contributed by atoms with Crippen molar-refractivity contribution in [1.82, 2.24) is 5.32 Å². The number of nitrogens with one attached hydrogen (secondary N) is 1. The van der Waals surface area contributed by atoms with E-state index in [0.29, 0.717) is 19.8 Å². The summed E-state index contributed by atoms with van der Waals surface area (Å²) in [4.78, 5) is 23.3. The fourth-order valence-electron chi connectivity index (χ4n) is 1.28. The number of amides is 1. The molecule has 0 fully saturated rings. The zero-order valence-corrected chi connectivity index (χ0v) is 17.8. The van der Waals surface area contributed by atoms with Gasteiger partial charge in [0.1, 0.15) is 0 Å². The fourth-order valence-corrected chi connectivity index (χ4v) is 5.42. The molecule has 19 heavy (non-hydrogen) atoms. The summed E-state index contributed by atoms with van der Waals surface area (Å²) >= 11 is 7.81. The second-order valence-corrected chi connectivity index (χ2v) is 7.61. The van der Waals surface area contributed by atoms with E-state index in [1.165, 1.54) is 0 Å². The number of carbonyl (C=O) groups is 2. The van der Waals surface area contributed by atoms with Crippen molar-refractivity contribution in [2.24, 2.45) is 0 Å². The highest BCUT2D eigenvalue weighted by atomic mass is 127. The maximum Gasteiger partial charge on any atom is 0.337 e. The molecule has 1 aromatic rings. The van der Waals surface area contributed by atoms with Gasteiger partial charge in [-0.05, 0) is 90.4 Å². The molecule has 0 unspecified atom stereocenters. The maximum atomic E-state index is 12.0. The van der Waals surface area contributed by atoms with Crippen LogP contribution in [-0.4, -0.2) is 35.2 Å². The van der Waals surface area contributed by atoms with Crippen molar-refractivity contribution in [2.45, 2.75) is 0 Å². The highest BCUT2D eigenvalue weighted by Gasteiger charge is 2.26. The first-order valence-corrected chi connectivity index (χ1v) is 9.12. The minimum atomic E-state index is -1.01. The quantitative estimate of drug-likeness (QED) is 0.331. The minimum absolute atomic E-state index is 0.139. The first kappa shape index (κ1) is 18.1. The number of carbonyl (C=O) groups excluding carboxylic acids is 1. The number of carboxylic acid groups (broad SMARTS) is 1. The lowest BCUT2D eigenvalue weighted by Crippen LogP contribution is -2.29. The SMILES string of the molecule is O=C(O)c1c(I)c(I)c(C(=O)NCCO)c(I)c1I. The van der Waals surface area contributed by atoms with Crippen LogP contribution in [0.25, 0.3) is 0 Å². The van der Waals surface area contributed by atoms with Gasteiger partial charge in [-0.3, -0.25) is 4.79 Å². The summed E-state index contributed by atoms with van der Waals surface area (Å²) in [6.07, 6.45) is 0. The van der Waals surface area contributed by atoms with Crippen LogP contribution in [0.1, 0.15) is 20.7 Å². The van der Waals surface area contributed by atoms with E-state index in [4.69, 9.17) is 5.11 Å². The highest BCUT2D eigenvalue weighted by molar-refractivity contribution is 14.1. The van der Waals surface area contributed by atoms with Crippen LogP contribution in [0, 0.1) is 14.3 Å². The average Bonchev–Trinajstić information content (AvgIpc) is 2.34. The zero-order valence-electron chi connectivity index (χ0n) is 9.14. The first-order valence-electron chi connectivity index (χ1n) is 4.81. The number of carboxylic acids is 1. The highest BCUT2D eigenvalue weighted by Crippen LogP contribution is 2.32. The molecule has 0 aliphatic heterocycles. The van der Waals surface area contributed by atoms with Gasteiger partial charge >= 0.3 is 5.97 Å². The Kier molecular flexibility index (Phi) is 7.50. The predicted octanol–water partition coefficient (Wildman–Crippen LogP) is 2.53. The number of halogens is 4. The molecule has 9 heteroatoms. The fraction of sp³-hybridized carbons (Fsp3) is 0.200. The monoisotopic (exact) mass is 713 g/mol. The maximum absolute atomic E-state index is 12.0. The number of aliphatic hydroxyl groups excluding tert-OH is 1. The van der Waals surface area contributed by atoms with Crippen LogP contribution >= 0.6 is 90.4 Å². The molecule has 0 aliphatic rings. The van der Waals surface area contributed by atoms with Crippen molar-refractivity contribution in [3.63, 3.8) is 0 Å². The van der Waals surface area contributed by atoms with E-state index < -0.39 is 5.97 Å². The van der Waals surface area contributed by atoms with Crippen LogP contribution in [-0.2, 0) is 0 Å². The Hall–Kier alpha value is 1.04. The Morgan fingerprint density at radius 1 is 0.947 bits per heavy atom. The van der Waals surface area contributed by atoms with E-state index in [1.54, 1.807) is 0 Å². The van der Waals surface area contributed by atoms with Gasteiger partial charge in [-0.25, -0.2) is 4.79 Å². The van der Waals surface area contributed by atoms with Crippen molar-refractivity contribution < 1.29 is 19.8 Å². The molecule has 0 saturated heterocycles. The van der Waals surface area contributed by atoms with E-state index in [0.717, 1.165) is 0 Å². The molecular formula is C10H7I4NO4. The van der Waals surface area contributed by atoms with Crippen LogP contribution in [0.3, 0.4) is 0 Å². The average molecular weight is 713 g/mol. The van der Waals surface area contributed by atoms with Crippen molar-refractivity contribution in [3.05, 3.63) is 25.4 Å². The summed E-state index contributed by atoms with van der Waals surface area (Å²) in [7, 11) is 0. The normalized spacial score (nSPS) is 10.4. The summed E-state index contributed by atoms with van der Waals surface area (Å²) in [5, 5.41) is 20.5. The van der Waals surface area contributed by atoms with Crippen LogP contribution in [0.2, 0.25) is 0 Å². The number of aliphatic hydroxyl groups is 1. The third-order valence-corrected chi connectivity index (χ3v) is 8.48. The molecule has 1 rings (SSSR count). The zero-order chi connectivity index (χ0) is 14.7. The number of hydrogen-bond acceptors (Lipinski definition) is 3. The van der Waals surface area contributed by atoms with Crippen molar-refractivity contribution in [2.75, 3.05) is 13.2 Å². The summed E-state index contributed by atoms with van der Waals surface area (Å²) in [5.41, 5.74) is 0.669. The van der Waals surface area contributed by atoms with Gasteiger partial charge in [-0.1, -0.05) is 0 Å². The van der Waals surface area contributed by atoms with E-state index in [2.05, 4.69) is 5.32 Å². The van der Waals surface area contributed by atoms with Crippen molar-refractivity contribution in [3.8, 4) is 0 Å². The third kappa shape index (κ3) is 4.03. The molecule has 0 aliphatic carbocycles.